The number of carboxylic acid groups (broad SMARTS) is 1. The summed E-state index contributed by atoms with van der Waals surface area (Å²) in [6, 6.07) is 12.5. The third-order valence-corrected chi connectivity index (χ3v) is 3.65. The Hall–Kier alpha value is -1.83. The maximum absolute atomic E-state index is 10.9. The molecule has 1 N–H and O–H groups in total. The highest BCUT2D eigenvalue weighted by Crippen LogP contribution is 2.39. The second-order valence-corrected chi connectivity index (χ2v) is 4.69. The number of hydrogen-bond donors (Lipinski definition) is 1. The summed E-state index contributed by atoms with van der Waals surface area (Å²) < 4.78 is 0. The van der Waals surface area contributed by atoms with Gasteiger partial charge in [-0.2, -0.15) is 0 Å². The van der Waals surface area contributed by atoms with Gasteiger partial charge in [0.05, 0.1) is 6.42 Å². The number of hydrogen-bond acceptors (Lipinski definition) is 1. The predicted octanol–water partition coefficient (Wildman–Crippen LogP) is 3.34. The van der Waals surface area contributed by atoms with Crippen LogP contribution in [0.25, 0.3) is 10.8 Å². The van der Waals surface area contributed by atoms with Gasteiger partial charge in [0.2, 0.25) is 0 Å². The largest absolute Gasteiger partial charge is 0.481 e. The second-order valence-electron chi connectivity index (χ2n) is 4.69. The highest BCUT2D eigenvalue weighted by Gasteiger charge is 2.26. The first kappa shape index (κ1) is 10.3. The molecular formula is C15H14O2. The van der Waals surface area contributed by atoms with Crippen molar-refractivity contribution in [2.24, 2.45) is 0 Å². The molecule has 0 fully saturated rings. The number of aliphatic carboxylic acids is 1. The summed E-state index contributed by atoms with van der Waals surface area (Å²) in [7, 11) is 0. The van der Waals surface area contributed by atoms with Crippen LogP contribution < -0.4 is 0 Å². The summed E-state index contributed by atoms with van der Waals surface area (Å²) in [4.78, 5) is 10.9. The highest BCUT2D eigenvalue weighted by atomic mass is 16.4. The highest BCUT2D eigenvalue weighted by molar-refractivity contribution is 5.88. The number of benzene rings is 2. The Morgan fingerprint density at radius 1 is 1.24 bits per heavy atom. The van der Waals surface area contributed by atoms with Crippen molar-refractivity contribution in [3.05, 3.63) is 47.5 Å². The van der Waals surface area contributed by atoms with Crippen molar-refractivity contribution in [3.8, 4) is 0 Å². The van der Waals surface area contributed by atoms with E-state index in [4.69, 9.17) is 5.11 Å². The molecule has 2 aromatic carbocycles. The second kappa shape index (κ2) is 3.88. The van der Waals surface area contributed by atoms with E-state index in [9.17, 15) is 4.79 Å². The molecule has 3 rings (SSSR count). The third-order valence-electron chi connectivity index (χ3n) is 3.65. The lowest BCUT2D eigenvalue weighted by atomic mass is 9.92. The molecule has 86 valence electrons. The zero-order chi connectivity index (χ0) is 11.8. The summed E-state index contributed by atoms with van der Waals surface area (Å²) in [6.45, 7) is 0. The third kappa shape index (κ3) is 1.70. The molecule has 0 amide bonds. The SMILES string of the molecule is O=C(O)CC1CCc2ccc3ccccc3c21. The van der Waals surface area contributed by atoms with E-state index in [2.05, 4.69) is 24.3 Å². The van der Waals surface area contributed by atoms with Gasteiger partial charge in [0.1, 0.15) is 0 Å². The van der Waals surface area contributed by atoms with Crippen molar-refractivity contribution in [3.63, 3.8) is 0 Å². The normalized spacial score (nSPS) is 18.2. The summed E-state index contributed by atoms with van der Waals surface area (Å²) in [6.07, 6.45) is 2.23. The van der Waals surface area contributed by atoms with Crippen LogP contribution in [0.2, 0.25) is 0 Å². The molecule has 2 nitrogen and oxygen atoms in total. The van der Waals surface area contributed by atoms with Crippen molar-refractivity contribution in [2.75, 3.05) is 0 Å². The lowest BCUT2D eigenvalue weighted by Gasteiger charge is -2.12. The Balaban J connectivity index is 2.17. The molecule has 0 aliphatic heterocycles. The molecule has 1 unspecified atom stereocenters. The van der Waals surface area contributed by atoms with E-state index in [1.165, 1.54) is 21.9 Å². The smallest absolute Gasteiger partial charge is 0.303 e. The van der Waals surface area contributed by atoms with Crippen LogP contribution in [0.3, 0.4) is 0 Å². The van der Waals surface area contributed by atoms with Gasteiger partial charge in [-0.25, -0.2) is 0 Å². The number of carboxylic acids is 1. The molecule has 1 aliphatic rings. The van der Waals surface area contributed by atoms with E-state index >= 15 is 0 Å². The van der Waals surface area contributed by atoms with E-state index in [0.717, 1.165) is 12.8 Å². The van der Waals surface area contributed by atoms with Gasteiger partial charge in [0.25, 0.3) is 0 Å². The van der Waals surface area contributed by atoms with Gasteiger partial charge in [-0.15, -0.1) is 0 Å². The molecule has 1 atom stereocenters. The Bertz CT molecular complexity index is 586. The topological polar surface area (TPSA) is 37.3 Å². The van der Waals surface area contributed by atoms with Crippen LogP contribution in [0.15, 0.2) is 36.4 Å². The minimum Gasteiger partial charge on any atom is -0.481 e. The van der Waals surface area contributed by atoms with E-state index in [1.54, 1.807) is 0 Å². The Morgan fingerprint density at radius 2 is 2.06 bits per heavy atom. The summed E-state index contributed by atoms with van der Waals surface area (Å²) in [5.74, 6) is -0.510. The number of carbonyl (C=O) groups is 1. The Morgan fingerprint density at radius 3 is 2.88 bits per heavy atom. The average Bonchev–Trinajstić information content (AvgIpc) is 2.72. The Labute approximate surface area is 99.9 Å². The van der Waals surface area contributed by atoms with Crippen molar-refractivity contribution in [2.45, 2.75) is 25.2 Å². The van der Waals surface area contributed by atoms with Crippen molar-refractivity contribution in [1.82, 2.24) is 0 Å². The zero-order valence-electron chi connectivity index (χ0n) is 9.52. The fraction of sp³-hybridized carbons (Fsp3) is 0.267. The molecule has 2 heteroatoms. The van der Waals surface area contributed by atoms with Gasteiger partial charge in [-0.05, 0) is 40.7 Å². The lowest BCUT2D eigenvalue weighted by molar-refractivity contribution is -0.137. The van der Waals surface area contributed by atoms with E-state index in [1.807, 2.05) is 12.1 Å². The van der Waals surface area contributed by atoms with Crippen LogP contribution in [-0.4, -0.2) is 11.1 Å². The van der Waals surface area contributed by atoms with Gasteiger partial charge in [0, 0.05) is 0 Å². The molecular weight excluding hydrogens is 212 g/mol. The van der Waals surface area contributed by atoms with Crippen LogP contribution in [-0.2, 0) is 11.2 Å². The van der Waals surface area contributed by atoms with Crippen molar-refractivity contribution >= 4 is 16.7 Å². The molecule has 0 saturated heterocycles. The molecule has 0 aromatic heterocycles. The average molecular weight is 226 g/mol. The van der Waals surface area contributed by atoms with E-state index in [-0.39, 0.29) is 12.3 Å². The van der Waals surface area contributed by atoms with Crippen LogP contribution in [0.1, 0.15) is 29.9 Å². The fourth-order valence-electron chi connectivity index (χ4n) is 2.93. The zero-order valence-corrected chi connectivity index (χ0v) is 9.52. The quantitative estimate of drug-likeness (QED) is 0.852. The first-order chi connectivity index (χ1) is 8.25. The van der Waals surface area contributed by atoms with Gasteiger partial charge in [0.15, 0.2) is 0 Å². The molecule has 2 aromatic rings. The Kier molecular flexibility index (Phi) is 2.36. The number of rotatable bonds is 2. The molecule has 0 saturated carbocycles. The standard InChI is InChI=1S/C15H14O2/c16-14(17)9-12-8-7-11-6-5-10-3-1-2-4-13(10)15(11)12/h1-6,12H,7-9H2,(H,16,17). The molecule has 0 heterocycles. The number of aryl methyl sites for hydroxylation is 1. The van der Waals surface area contributed by atoms with Crippen LogP contribution in [0, 0.1) is 0 Å². The van der Waals surface area contributed by atoms with Crippen molar-refractivity contribution in [1.29, 1.82) is 0 Å². The van der Waals surface area contributed by atoms with Gasteiger partial charge < -0.3 is 5.11 Å². The minimum atomic E-state index is -0.698. The first-order valence-corrected chi connectivity index (χ1v) is 5.98. The number of fused-ring (bicyclic) bond motifs is 3. The summed E-state index contributed by atoms with van der Waals surface area (Å²) in [5.41, 5.74) is 2.60. The lowest BCUT2D eigenvalue weighted by Crippen LogP contribution is -2.03. The summed E-state index contributed by atoms with van der Waals surface area (Å²) >= 11 is 0. The van der Waals surface area contributed by atoms with Gasteiger partial charge in [-0.1, -0.05) is 36.4 Å². The monoisotopic (exact) mass is 226 g/mol. The van der Waals surface area contributed by atoms with Crippen LogP contribution in [0.5, 0.6) is 0 Å². The van der Waals surface area contributed by atoms with Crippen LogP contribution >= 0.6 is 0 Å². The van der Waals surface area contributed by atoms with E-state index in [0.29, 0.717) is 0 Å². The van der Waals surface area contributed by atoms with Crippen molar-refractivity contribution < 1.29 is 9.90 Å². The van der Waals surface area contributed by atoms with Gasteiger partial charge >= 0.3 is 5.97 Å². The maximum Gasteiger partial charge on any atom is 0.303 e. The minimum absolute atomic E-state index is 0.189. The van der Waals surface area contributed by atoms with Gasteiger partial charge in [-0.3, -0.25) is 4.79 Å². The molecule has 0 bridgehead atoms. The molecule has 0 spiro atoms. The summed E-state index contributed by atoms with van der Waals surface area (Å²) in [5, 5.41) is 11.4. The fourth-order valence-corrected chi connectivity index (χ4v) is 2.93. The predicted molar refractivity (Wildman–Crippen MR) is 67.3 cm³/mol. The molecule has 0 radical (unpaired) electrons. The maximum atomic E-state index is 10.9. The first-order valence-electron chi connectivity index (χ1n) is 5.98. The molecule has 1 aliphatic carbocycles. The molecule has 17 heavy (non-hydrogen) atoms. The van der Waals surface area contributed by atoms with E-state index < -0.39 is 5.97 Å². The van der Waals surface area contributed by atoms with Crippen LogP contribution in [0.4, 0.5) is 0 Å².